The fraction of sp³-hybridized carbons (Fsp3) is 0.500. The monoisotopic (exact) mass is 532 g/mol. The summed E-state index contributed by atoms with van der Waals surface area (Å²) in [4.78, 5) is 53.6. The number of nitrogens with one attached hydrogen (secondary N) is 2. The van der Waals surface area contributed by atoms with Crippen molar-refractivity contribution in [3.05, 3.63) is 40.9 Å². The minimum absolute atomic E-state index is 0.0751. The predicted molar refractivity (Wildman–Crippen MR) is 141 cm³/mol. The SMILES string of the molecule is CCCCC(=O)O.CCOC(=O)CCc1sc(-c2ccccc2)nc1C(=O)NCC(=O)N1CCNCC1. The number of amides is 2. The molecule has 0 saturated carbocycles. The Hall–Kier alpha value is -3.31. The van der Waals surface area contributed by atoms with Crippen molar-refractivity contribution in [2.75, 3.05) is 39.3 Å². The zero-order valence-electron chi connectivity index (χ0n) is 21.5. The summed E-state index contributed by atoms with van der Waals surface area (Å²) in [5, 5.41) is 14.6. The Kier molecular flexibility index (Phi) is 13.3. The smallest absolute Gasteiger partial charge is 0.306 e. The number of carbonyl (C=O) groups excluding carboxylic acids is 3. The van der Waals surface area contributed by atoms with Gasteiger partial charge in [-0.1, -0.05) is 43.7 Å². The molecule has 0 unspecified atom stereocenters. The van der Waals surface area contributed by atoms with Crippen LogP contribution in [0.3, 0.4) is 0 Å². The lowest BCUT2D eigenvalue weighted by molar-refractivity contribution is -0.143. The Bertz CT molecular complexity index is 1020. The summed E-state index contributed by atoms with van der Waals surface area (Å²) in [7, 11) is 0. The van der Waals surface area contributed by atoms with Crippen LogP contribution >= 0.6 is 11.3 Å². The van der Waals surface area contributed by atoms with Crippen LogP contribution in [0.15, 0.2) is 30.3 Å². The number of piperazine rings is 1. The van der Waals surface area contributed by atoms with Crippen molar-refractivity contribution >= 4 is 35.1 Å². The lowest BCUT2D eigenvalue weighted by atomic mass is 10.2. The molecular weight excluding hydrogens is 496 g/mol. The summed E-state index contributed by atoms with van der Waals surface area (Å²) in [6.07, 6.45) is 2.61. The van der Waals surface area contributed by atoms with Gasteiger partial charge in [-0.05, 0) is 19.8 Å². The first-order valence-electron chi connectivity index (χ1n) is 12.5. The summed E-state index contributed by atoms with van der Waals surface area (Å²) in [5.74, 6) is -1.53. The number of aliphatic carboxylic acids is 1. The van der Waals surface area contributed by atoms with E-state index in [-0.39, 0.29) is 30.5 Å². The average molecular weight is 533 g/mol. The number of rotatable bonds is 11. The second-order valence-corrected chi connectivity index (χ2v) is 9.36. The summed E-state index contributed by atoms with van der Waals surface area (Å²) < 4.78 is 4.99. The molecule has 1 aliphatic rings. The van der Waals surface area contributed by atoms with Gasteiger partial charge < -0.3 is 25.4 Å². The number of benzene rings is 1. The zero-order valence-corrected chi connectivity index (χ0v) is 22.3. The molecule has 1 fully saturated rings. The van der Waals surface area contributed by atoms with E-state index in [1.165, 1.54) is 11.3 Å². The van der Waals surface area contributed by atoms with Gasteiger partial charge in [-0.25, -0.2) is 4.98 Å². The molecule has 0 bridgehead atoms. The molecule has 2 amide bonds. The van der Waals surface area contributed by atoms with E-state index in [0.29, 0.717) is 42.4 Å². The van der Waals surface area contributed by atoms with Crippen molar-refractivity contribution in [3.8, 4) is 10.6 Å². The van der Waals surface area contributed by atoms with Crippen molar-refractivity contribution < 1.29 is 29.0 Å². The van der Waals surface area contributed by atoms with Crippen LogP contribution in [0.2, 0.25) is 0 Å². The van der Waals surface area contributed by atoms with Crippen LogP contribution in [0.4, 0.5) is 0 Å². The number of nitrogens with zero attached hydrogens (tertiary/aromatic N) is 2. The number of hydrogen-bond donors (Lipinski definition) is 3. The first-order valence-corrected chi connectivity index (χ1v) is 13.4. The van der Waals surface area contributed by atoms with Crippen molar-refractivity contribution in [2.45, 2.75) is 46.0 Å². The highest BCUT2D eigenvalue weighted by Gasteiger charge is 2.22. The van der Waals surface area contributed by atoms with Crippen molar-refractivity contribution in [1.29, 1.82) is 0 Å². The lowest BCUT2D eigenvalue weighted by Crippen LogP contribution is -2.49. The number of hydrogen-bond acceptors (Lipinski definition) is 8. The molecular formula is C26H36N4O6S. The van der Waals surface area contributed by atoms with Gasteiger partial charge in [-0.15, -0.1) is 11.3 Å². The van der Waals surface area contributed by atoms with E-state index in [4.69, 9.17) is 9.84 Å². The molecule has 0 atom stereocenters. The molecule has 2 heterocycles. The minimum atomic E-state index is -0.693. The number of carboxylic acids is 1. The molecule has 1 saturated heterocycles. The zero-order chi connectivity index (χ0) is 27.0. The molecule has 1 aromatic heterocycles. The first kappa shape index (κ1) is 29.9. The highest BCUT2D eigenvalue weighted by atomic mass is 32.1. The molecule has 1 aromatic carbocycles. The maximum atomic E-state index is 12.8. The number of unbranched alkanes of at least 4 members (excludes halogenated alkanes) is 1. The van der Waals surface area contributed by atoms with Crippen LogP contribution in [-0.2, 0) is 25.5 Å². The Morgan fingerprint density at radius 2 is 1.81 bits per heavy atom. The van der Waals surface area contributed by atoms with Gasteiger partial charge in [0.15, 0.2) is 0 Å². The van der Waals surface area contributed by atoms with Crippen LogP contribution in [0, 0.1) is 0 Å². The van der Waals surface area contributed by atoms with Crippen LogP contribution in [-0.4, -0.2) is 78.1 Å². The molecule has 0 radical (unpaired) electrons. The molecule has 11 heteroatoms. The second kappa shape index (κ2) is 16.4. The third kappa shape index (κ3) is 10.7. The minimum Gasteiger partial charge on any atom is -0.481 e. The predicted octanol–water partition coefficient (Wildman–Crippen LogP) is 2.73. The van der Waals surface area contributed by atoms with E-state index in [2.05, 4.69) is 15.6 Å². The van der Waals surface area contributed by atoms with E-state index in [1.807, 2.05) is 37.3 Å². The van der Waals surface area contributed by atoms with Gasteiger partial charge in [0.05, 0.1) is 19.6 Å². The standard InChI is InChI=1S/C21H26N4O4S.C5H10O2/c1-2-29-18(27)9-8-16-19(24-21(30-16)15-6-4-3-5-7-15)20(28)23-14-17(26)25-12-10-22-11-13-25;1-2-3-4-5(6)7/h3-7,22H,2,8-14H2,1H3,(H,23,28);2-4H2,1H3,(H,6,7). The van der Waals surface area contributed by atoms with Gasteiger partial charge >= 0.3 is 11.9 Å². The van der Waals surface area contributed by atoms with Crippen molar-refractivity contribution in [3.63, 3.8) is 0 Å². The number of carbonyl (C=O) groups is 4. The molecule has 0 aliphatic carbocycles. The normalized spacial score (nSPS) is 12.8. The molecule has 3 N–H and O–H groups in total. The summed E-state index contributed by atoms with van der Waals surface area (Å²) in [5.41, 5.74) is 1.16. The van der Waals surface area contributed by atoms with Gasteiger partial charge in [0, 0.05) is 43.0 Å². The van der Waals surface area contributed by atoms with Crippen LogP contribution in [0.25, 0.3) is 10.6 Å². The van der Waals surface area contributed by atoms with E-state index in [0.717, 1.165) is 31.5 Å². The molecule has 10 nitrogen and oxygen atoms in total. The van der Waals surface area contributed by atoms with Gasteiger partial charge in [0.2, 0.25) is 5.91 Å². The number of thiazole rings is 1. The van der Waals surface area contributed by atoms with Gasteiger partial charge in [0.25, 0.3) is 5.91 Å². The quantitative estimate of drug-likeness (QED) is 0.376. The molecule has 1 aliphatic heterocycles. The maximum absolute atomic E-state index is 12.8. The average Bonchev–Trinajstić information content (AvgIpc) is 3.35. The number of esters is 1. The van der Waals surface area contributed by atoms with Crippen LogP contribution in [0.1, 0.15) is 54.9 Å². The number of aryl methyl sites for hydroxylation is 1. The number of ether oxygens (including phenoxy) is 1. The van der Waals surface area contributed by atoms with E-state index < -0.39 is 11.9 Å². The van der Waals surface area contributed by atoms with E-state index in [1.54, 1.807) is 11.8 Å². The molecule has 3 rings (SSSR count). The molecule has 0 spiro atoms. The Morgan fingerprint density at radius 3 is 2.41 bits per heavy atom. The third-order valence-electron chi connectivity index (χ3n) is 5.41. The van der Waals surface area contributed by atoms with Gasteiger partial charge in [-0.3, -0.25) is 19.2 Å². The van der Waals surface area contributed by atoms with E-state index >= 15 is 0 Å². The number of carboxylic acid groups (broad SMARTS) is 1. The van der Waals surface area contributed by atoms with Gasteiger partial charge in [0.1, 0.15) is 10.7 Å². The Balaban J connectivity index is 0.000000604. The molecule has 202 valence electrons. The fourth-order valence-electron chi connectivity index (χ4n) is 3.45. The topological polar surface area (TPSA) is 138 Å². The highest BCUT2D eigenvalue weighted by Crippen LogP contribution is 2.29. The highest BCUT2D eigenvalue weighted by molar-refractivity contribution is 7.15. The van der Waals surface area contributed by atoms with Crippen molar-refractivity contribution in [1.82, 2.24) is 20.5 Å². The first-order chi connectivity index (χ1) is 17.8. The second-order valence-electron chi connectivity index (χ2n) is 8.27. The summed E-state index contributed by atoms with van der Waals surface area (Å²) >= 11 is 1.38. The van der Waals surface area contributed by atoms with Crippen molar-refractivity contribution in [2.24, 2.45) is 0 Å². The van der Waals surface area contributed by atoms with Gasteiger partial charge in [-0.2, -0.15) is 0 Å². The Labute approximate surface area is 221 Å². The largest absolute Gasteiger partial charge is 0.481 e. The molecule has 37 heavy (non-hydrogen) atoms. The summed E-state index contributed by atoms with van der Waals surface area (Å²) in [6.45, 7) is 6.75. The third-order valence-corrected chi connectivity index (χ3v) is 6.57. The van der Waals surface area contributed by atoms with Crippen LogP contribution in [0.5, 0.6) is 0 Å². The maximum Gasteiger partial charge on any atom is 0.306 e. The number of aromatic nitrogens is 1. The Morgan fingerprint density at radius 1 is 1.11 bits per heavy atom. The summed E-state index contributed by atoms with van der Waals surface area (Å²) in [6, 6.07) is 9.56. The molecule has 2 aromatic rings. The lowest BCUT2D eigenvalue weighted by Gasteiger charge is -2.27. The van der Waals surface area contributed by atoms with Crippen LogP contribution < -0.4 is 10.6 Å². The van der Waals surface area contributed by atoms with E-state index in [9.17, 15) is 19.2 Å². The fourth-order valence-corrected chi connectivity index (χ4v) is 4.51.